The molecule has 1 N–H and O–H groups in total. The Morgan fingerprint density at radius 1 is 1.45 bits per heavy atom. The summed E-state index contributed by atoms with van der Waals surface area (Å²) in [7, 11) is 0. The maximum Gasteiger partial charge on any atom is 0.277 e. The van der Waals surface area contributed by atoms with Crippen molar-refractivity contribution in [3.63, 3.8) is 0 Å². The van der Waals surface area contributed by atoms with Crippen LogP contribution >= 0.6 is 15.9 Å². The third-order valence-electron chi connectivity index (χ3n) is 2.90. The predicted octanol–water partition coefficient (Wildman–Crippen LogP) is 3.36. The molecule has 2 rings (SSSR count). The summed E-state index contributed by atoms with van der Waals surface area (Å²) in [6.07, 6.45) is 5.55. The van der Waals surface area contributed by atoms with E-state index >= 15 is 0 Å². The number of hydrazone groups is 1. The number of amides is 1. The third-order valence-corrected chi connectivity index (χ3v) is 3.40. The minimum Gasteiger partial charge on any atom is -0.484 e. The highest BCUT2D eigenvalue weighted by molar-refractivity contribution is 9.10. The van der Waals surface area contributed by atoms with Crippen LogP contribution in [-0.4, -0.2) is 23.3 Å². The van der Waals surface area contributed by atoms with Crippen molar-refractivity contribution in [3.05, 3.63) is 52.8 Å². The molecule has 22 heavy (non-hydrogen) atoms. The van der Waals surface area contributed by atoms with Crippen molar-refractivity contribution in [1.29, 1.82) is 0 Å². The van der Waals surface area contributed by atoms with Gasteiger partial charge in [0.1, 0.15) is 5.75 Å². The SMILES string of the molecule is CC(C)n1ccc(/C=N/NC(=O)COc2cccc(Br)c2)c1. The van der Waals surface area contributed by atoms with Crippen molar-refractivity contribution >= 4 is 28.1 Å². The summed E-state index contributed by atoms with van der Waals surface area (Å²) >= 11 is 3.34. The number of benzene rings is 1. The van der Waals surface area contributed by atoms with Crippen molar-refractivity contribution in [2.75, 3.05) is 6.61 Å². The lowest BCUT2D eigenvalue weighted by atomic mass is 10.3. The zero-order valence-corrected chi connectivity index (χ0v) is 14.1. The number of halogens is 1. The molecule has 1 heterocycles. The summed E-state index contributed by atoms with van der Waals surface area (Å²) in [5, 5.41) is 3.92. The van der Waals surface area contributed by atoms with E-state index in [0.29, 0.717) is 11.8 Å². The Morgan fingerprint density at radius 3 is 2.95 bits per heavy atom. The zero-order valence-electron chi connectivity index (χ0n) is 12.5. The molecule has 0 atom stereocenters. The van der Waals surface area contributed by atoms with Crippen molar-refractivity contribution < 1.29 is 9.53 Å². The van der Waals surface area contributed by atoms with Gasteiger partial charge in [-0.2, -0.15) is 5.10 Å². The number of carbonyl (C=O) groups excluding carboxylic acids is 1. The monoisotopic (exact) mass is 363 g/mol. The summed E-state index contributed by atoms with van der Waals surface area (Å²) in [5.41, 5.74) is 3.37. The Balaban J connectivity index is 1.78. The van der Waals surface area contributed by atoms with Gasteiger partial charge in [0, 0.05) is 28.5 Å². The van der Waals surface area contributed by atoms with Crippen LogP contribution in [0.25, 0.3) is 0 Å². The van der Waals surface area contributed by atoms with E-state index in [-0.39, 0.29) is 12.5 Å². The molecule has 1 aromatic heterocycles. The Kier molecular flexibility index (Phi) is 5.77. The molecule has 2 aromatic rings. The van der Waals surface area contributed by atoms with E-state index in [9.17, 15) is 4.79 Å². The van der Waals surface area contributed by atoms with Crippen LogP contribution in [0.2, 0.25) is 0 Å². The summed E-state index contributed by atoms with van der Waals surface area (Å²) in [5.74, 6) is 0.321. The molecule has 1 aromatic carbocycles. The van der Waals surface area contributed by atoms with Gasteiger partial charge in [-0.25, -0.2) is 5.43 Å². The third kappa shape index (κ3) is 5.04. The molecule has 0 spiro atoms. The lowest BCUT2D eigenvalue weighted by Gasteiger charge is -2.05. The van der Waals surface area contributed by atoms with Gasteiger partial charge in [-0.05, 0) is 38.1 Å². The van der Waals surface area contributed by atoms with E-state index in [4.69, 9.17) is 4.74 Å². The highest BCUT2D eigenvalue weighted by Crippen LogP contribution is 2.17. The van der Waals surface area contributed by atoms with E-state index in [1.165, 1.54) is 0 Å². The van der Waals surface area contributed by atoms with Crippen molar-refractivity contribution in [3.8, 4) is 5.75 Å². The van der Waals surface area contributed by atoms with Gasteiger partial charge < -0.3 is 9.30 Å². The number of aromatic nitrogens is 1. The van der Waals surface area contributed by atoms with Crippen molar-refractivity contribution in [2.24, 2.45) is 5.10 Å². The second-order valence-corrected chi connectivity index (χ2v) is 5.94. The number of hydrogen-bond acceptors (Lipinski definition) is 3. The molecule has 0 saturated heterocycles. The molecular weight excluding hydrogens is 346 g/mol. The number of carbonyl (C=O) groups is 1. The fraction of sp³-hybridized carbons (Fsp3) is 0.250. The van der Waals surface area contributed by atoms with Crippen LogP contribution in [0.3, 0.4) is 0 Å². The summed E-state index contributed by atoms with van der Waals surface area (Å²) in [6.45, 7) is 4.12. The van der Waals surface area contributed by atoms with E-state index < -0.39 is 0 Å². The van der Waals surface area contributed by atoms with Gasteiger partial charge in [0.15, 0.2) is 6.61 Å². The van der Waals surface area contributed by atoms with E-state index in [2.05, 4.69) is 44.9 Å². The Bertz CT molecular complexity index is 665. The fourth-order valence-electron chi connectivity index (χ4n) is 1.74. The summed E-state index contributed by atoms with van der Waals surface area (Å²) in [6, 6.07) is 9.65. The molecular formula is C16H18BrN3O2. The van der Waals surface area contributed by atoms with E-state index in [0.717, 1.165) is 10.0 Å². The molecule has 0 radical (unpaired) electrons. The van der Waals surface area contributed by atoms with E-state index in [1.54, 1.807) is 18.3 Å². The first-order chi connectivity index (χ1) is 10.5. The Morgan fingerprint density at radius 2 is 2.27 bits per heavy atom. The zero-order chi connectivity index (χ0) is 15.9. The van der Waals surface area contributed by atoms with Crippen LogP contribution < -0.4 is 10.2 Å². The maximum absolute atomic E-state index is 11.6. The van der Waals surface area contributed by atoms with Gasteiger partial charge in [0.05, 0.1) is 6.21 Å². The first-order valence-corrected chi connectivity index (χ1v) is 7.71. The average molecular weight is 364 g/mol. The fourth-order valence-corrected chi connectivity index (χ4v) is 2.12. The predicted molar refractivity (Wildman–Crippen MR) is 90.2 cm³/mol. The summed E-state index contributed by atoms with van der Waals surface area (Å²) in [4.78, 5) is 11.6. The summed E-state index contributed by atoms with van der Waals surface area (Å²) < 4.78 is 8.34. The lowest BCUT2D eigenvalue weighted by Crippen LogP contribution is -2.24. The first-order valence-electron chi connectivity index (χ1n) is 6.92. The first kappa shape index (κ1) is 16.3. The van der Waals surface area contributed by atoms with Crippen molar-refractivity contribution in [2.45, 2.75) is 19.9 Å². The molecule has 0 aliphatic rings. The Labute approximate surface area is 138 Å². The second kappa shape index (κ2) is 7.79. The molecule has 0 unspecified atom stereocenters. The topological polar surface area (TPSA) is 55.6 Å². The normalized spacial score (nSPS) is 11.1. The molecule has 0 fully saturated rings. The molecule has 0 aliphatic heterocycles. The van der Waals surface area contributed by atoms with Gasteiger partial charge in [-0.1, -0.05) is 22.0 Å². The lowest BCUT2D eigenvalue weighted by molar-refractivity contribution is -0.123. The quantitative estimate of drug-likeness (QED) is 0.631. The molecule has 0 aliphatic carbocycles. The average Bonchev–Trinajstić information content (AvgIpc) is 2.94. The minimum atomic E-state index is -0.306. The smallest absolute Gasteiger partial charge is 0.277 e. The minimum absolute atomic E-state index is 0.0825. The molecule has 6 heteroatoms. The number of nitrogens with zero attached hydrogens (tertiary/aromatic N) is 2. The molecule has 5 nitrogen and oxygen atoms in total. The number of ether oxygens (including phenoxy) is 1. The van der Waals surface area contributed by atoms with Gasteiger partial charge in [0.2, 0.25) is 0 Å². The standard InChI is InChI=1S/C16H18BrN3O2/c1-12(2)20-7-6-13(10-20)9-18-19-16(21)11-22-15-5-3-4-14(17)8-15/h3-10,12H,11H2,1-2H3,(H,19,21)/b18-9+. The molecule has 0 bridgehead atoms. The van der Waals surface area contributed by atoms with Crippen molar-refractivity contribution in [1.82, 2.24) is 9.99 Å². The highest BCUT2D eigenvalue weighted by atomic mass is 79.9. The number of hydrogen-bond donors (Lipinski definition) is 1. The van der Waals surface area contributed by atoms with Gasteiger partial charge in [0.25, 0.3) is 5.91 Å². The van der Waals surface area contributed by atoms with Crippen LogP contribution in [-0.2, 0) is 4.79 Å². The molecule has 0 saturated carbocycles. The second-order valence-electron chi connectivity index (χ2n) is 5.03. The molecule has 116 valence electrons. The number of rotatable bonds is 6. The van der Waals surface area contributed by atoms with Crippen LogP contribution in [0.5, 0.6) is 5.75 Å². The van der Waals surface area contributed by atoms with Crippen LogP contribution in [0.1, 0.15) is 25.5 Å². The number of nitrogens with one attached hydrogen (secondary N) is 1. The van der Waals surface area contributed by atoms with Crippen LogP contribution in [0.4, 0.5) is 0 Å². The highest BCUT2D eigenvalue weighted by Gasteiger charge is 2.02. The molecule has 1 amide bonds. The maximum atomic E-state index is 11.6. The van der Waals surface area contributed by atoms with Crippen LogP contribution in [0, 0.1) is 0 Å². The largest absolute Gasteiger partial charge is 0.484 e. The van der Waals surface area contributed by atoms with E-state index in [1.807, 2.05) is 30.6 Å². The van der Waals surface area contributed by atoms with Gasteiger partial charge in [-0.3, -0.25) is 4.79 Å². The van der Waals surface area contributed by atoms with Gasteiger partial charge in [-0.15, -0.1) is 0 Å². The van der Waals surface area contributed by atoms with Gasteiger partial charge >= 0.3 is 0 Å². The van der Waals surface area contributed by atoms with Crippen LogP contribution in [0.15, 0.2) is 52.3 Å². The Hall–Kier alpha value is -2.08.